The van der Waals surface area contributed by atoms with E-state index in [9.17, 15) is 9.59 Å². The smallest absolute Gasteiger partial charge is 0.249 e. The van der Waals surface area contributed by atoms with Crippen LogP contribution in [0.2, 0.25) is 0 Å². The molecule has 2 aromatic heterocycles. The fourth-order valence-electron chi connectivity index (χ4n) is 3.73. The van der Waals surface area contributed by atoms with Gasteiger partial charge in [-0.05, 0) is 30.9 Å². The SMILES string of the molecule is CCCn1nc(CC(N)=O)nc1[C@H]1OCC(=O)N(C2CC2)[C@@H]1c1cccnc1. The summed E-state index contributed by atoms with van der Waals surface area (Å²) in [5, 5.41) is 4.45. The van der Waals surface area contributed by atoms with Crippen LogP contribution in [0.25, 0.3) is 0 Å². The number of ether oxygens (including phenoxy) is 1. The minimum atomic E-state index is -0.483. The van der Waals surface area contributed by atoms with Crippen molar-refractivity contribution >= 4 is 11.8 Å². The van der Waals surface area contributed by atoms with Crippen molar-refractivity contribution in [3.8, 4) is 0 Å². The molecular formula is C19H24N6O3. The average molecular weight is 384 g/mol. The fraction of sp³-hybridized carbons (Fsp3) is 0.526. The molecule has 1 saturated heterocycles. The van der Waals surface area contributed by atoms with Crippen LogP contribution in [0.15, 0.2) is 24.5 Å². The number of nitrogens with zero attached hydrogens (tertiary/aromatic N) is 5. The van der Waals surface area contributed by atoms with Gasteiger partial charge in [-0.3, -0.25) is 14.6 Å². The van der Waals surface area contributed by atoms with Crippen molar-refractivity contribution < 1.29 is 14.3 Å². The van der Waals surface area contributed by atoms with E-state index in [1.54, 1.807) is 17.1 Å². The van der Waals surface area contributed by atoms with Crippen molar-refractivity contribution in [3.63, 3.8) is 0 Å². The van der Waals surface area contributed by atoms with Crippen molar-refractivity contribution in [2.45, 2.75) is 57.3 Å². The number of primary amides is 1. The van der Waals surface area contributed by atoms with Gasteiger partial charge in [0.2, 0.25) is 11.8 Å². The number of hydrogen-bond donors (Lipinski definition) is 1. The van der Waals surface area contributed by atoms with Crippen molar-refractivity contribution in [3.05, 3.63) is 41.7 Å². The summed E-state index contributed by atoms with van der Waals surface area (Å²) in [6.07, 6.45) is 5.79. The van der Waals surface area contributed by atoms with E-state index in [1.165, 1.54) is 0 Å². The van der Waals surface area contributed by atoms with Crippen molar-refractivity contribution in [2.24, 2.45) is 5.73 Å². The maximum atomic E-state index is 12.7. The molecule has 0 bridgehead atoms. The number of aryl methyl sites for hydroxylation is 1. The van der Waals surface area contributed by atoms with E-state index in [4.69, 9.17) is 10.5 Å². The van der Waals surface area contributed by atoms with E-state index in [0.717, 1.165) is 24.8 Å². The lowest BCUT2D eigenvalue weighted by molar-refractivity contribution is -0.160. The number of hydrogen-bond acceptors (Lipinski definition) is 6. The van der Waals surface area contributed by atoms with Gasteiger partial charge in [0.15, 0.2) is 11.6 Å². The zero-order chi connectivity index (χ0) is 19.7. The monoisotopic (exact) mass is 384 g/mol. The number of amides is 2. The van der Waals surface area contributed by atoms with Crippen LogP contribution >= 0.6 is 0 Å². The summed E-state index contributed by atoms with van der Waals surface area (Å²) in [5.74, 6) is 0.485. The molecule has 1 aliphatic carbocycles. The van der Waals surface area contributed by atoms with E-state index in [2.05, 4.69) is 15.1 Å². The van der Waals surface area contributed by atoms with E-state index >= 15 is 0 Å². The molecule has 2 aliphatic rings. The van der Waals surface area contributed by atoms with E-state index in [0.29, 0.717) is 18.2 Å². The van der Waals surface area contributed by atoms with Gasteiger partial charge in [-0.1, -0.05) is 13.0 Å². The predicted octanol–water partition coefficient (Wildman–Crippen LogP) is 0.915. The summed E-state index contributed by atoms with van der Waals surface area (Å²) in [4.78, 5) is 34.7. The molecule has 9 nitrogen and oxygen atoms in total. The normalized spacial score (nSPS) is 22.5. The zero-order valence-electron chi connectivity index (χ0n) is 15.8. The Hall–Kier alpha value is -2.81. The number of nitrogens with two attached hydrogens (primary N) is 1. The van der Waals surface area contributed by atoms with Gasteiger partial charge < -0.3 is 15.4 Å². The number of carbonyl (C=O) groups excluding carboxylic acids is 2. The average Bonchev–Trinajstić information content (AvgIpc) is 3.44. The first-order chi connectivity index (χ1) is 13.6. The summed E-state index contributed by atoms with van der Waals surface area (Å²) in [6.45, 7) is 2.68. The minimum absolute atomic E-state index is 0.00205. The van der Waals surface area contributed by atoms with Crippen LogP contribution in [0.3, 0.4) is 0 Å². The Morgan fingerprint density at radius 2 is 2.21 bits per heavy atom. The molecule has 0 unspecified atom stereocenters. The van der Waals surface area contributed by atoms with Gasteiger partial charge in [-0.2, -0.15) is 5.10 Å². The Kier molecular flexibility index (Phi) is 5.08. The lowest BCUT2D eigenvalue weighted by atomic mass is 9.98. The minimum Gasteiger partial charge on any atom is -0.369 e. The third kappa shape index (κ3) is 3.62. The molecule has 2 aromatic rings. The van der Waals surface area contributed by atoms with Crippen molar-refractivity contribution in [2.75, 3.05) is 6.61 Å². The van der Waals surface area contributed by atoms with E-state index in [1.807, 2.05) is 24.0 Å². The van der Waals surface area contributed by atoms with Crippen LogP contribution in [0.1, 0.15) is 55.5 Å². The Morgan fingerprint density at radius 3 is 2.86 bits per heavy atom. The molecule has 2 atom stereocenters. The first-order valence-electron chi connectivity index (χ1n) is 9.63. The van der Waals surface area contributed by atoms with Crippen molar-refractivity contribution in [1.82, 2.24) is 24.6 Å². The number of carbonyl (C=O) groups is 2. The molecule has 0 aromatic carbocycles. The van der Waals surface area contributed by atoms with Crippen LogP contribution in [0.4, 0.5) is 0 Å². The molecule has 2 N–H and O–H groups in total. The molecule has 4 rings (SSSR count). The van der Waals surface area contributed by atoms with Gasteiger partial charge in [0.1, 0.15) is 12.7 Å². The highest BCUT2D eigenvalue weighted by Crippen LogP contribution is 2.44. The summed E-state index contributed by atoms with van der Waals surface area (Å²) in [5.41, 5.74) is 6.22. The van der Waals surface area contributed by atoms with Gasteiger partial charge in [0.05, 0.1) is 12.5 Å². The lowest BCUT2D eigenvalue weighted by Crippen LogP contribution is -2.47. The van der Waals surface area contributed by atoms with E-state index in [-0.39, 0.29) is 31.0 Å². The number of pyridine rings is 1. The maximum absolute atomic E-state index is 12.7. The molecule has 0 spiro atoms. The molecule has 0 radical (unpaired) electrons. The Balaban J connectivity index is 1.76. The Morgan fingerprint density at radius 1 is 1.39 bits per heavy atom. The molecule has 148 valence electrons. The molecule has 3 heterocycles. The largest absolute Gasteiger partial charge is 0.369 e. The first-order valence-corrected chi connectivity index (χ1v) is 9.63. The summed E-state index contributed by atoms with van der Waals surface area (Å²) in [7, 11) is 0. The standard InChI is InChI=1S/C19H24N6O3/c1-2-8-24-19(22-15(23-24)9-14(20)26)18-17(12-4-3-7-21-10-12)25(13-5-6-13)16(27)11-28-18/h3-4,7,10,13,17-18H,2,5-6,8-9,11H2,1H3,(H2,20,26)/t17-,18+/m1/s1. The molecule has 9 heteroatoms. The molecule has 28 heavy (non-hydrogen) atoms. The second-order valence-corrected chi connectivity index (χ2v) is 7.25. The van der Waals surface area contributed by atoms with Gasteiger partial charge in [-0.25, -0.2) is 9.67 Å². The molecular weight excluding hydrogens is 360 g/mol. The Labute approximate surface area is 162 Å². The molecule has 2 amide bonds. The topological polar surface area (TPSA) is 116 Å². The van der Waals surface area contributed by atoms with Gasteiger partial charge in [-0.15, -0.1) is 0 Å². The lowest BCUT2D eigenvalue weighted by Gasteiger charge is -2.41. The molecule has 1 saturated carbocycles. The van der Waals surface area contributed by atoms with Gasteiger partial charge in [0, 0.05) is 25.0 Å². The van der Waals surface area contributed by atoms with Gasteiger partial charge >= 0.3 is 0 Å². The van der Waals surface area contributed by atoms with Crippen LogP contribution in [-0.2, 0) is 27.3 Å². The highest BCUT2D eigenvalue weighted by molar-refractivity contribution is 5.79. The van der Waals surface area contributed by atoms with Crippen molar-refractivity contribution in [1.29, 1.82) is 0 Å². The van der Waals surface area contributed by atoms with Crippen LogP contribution in [0, 0.1) is 0 Å². The van der Waals surface area contributed by atoms with Crippen LogP contribution < -0.4 is 5.73 Å². The van der Waals surface area contributed by atoms with Crippen LogP contribution in [-0.4, -0.2) is 49.1 Å². The highest BCUT2D eigenvalue weighted by Gasteiger charge is 2.47. The number of aromatic nitrogens is 4. The zero-order valence-corrected chi connectivity index (χ0v) is 15.8. The number of morpholine rings is 1. The summed E-state index contributed by atoms with van der Waals surface area (Å²) >= 11 is 0. The first kappa shape index (κ1) is 18.5. The second kappa shape index (κ2) is 7.67. The second-order valence-electron chi connectivity index (χ2n) is 7.25. The Bertz CT molecular complexity index is 864. The third-order valence-electron chi connectivity index (χ3n) is 4.99. The third-order valence-corrected chi connectivity index (χ3v) is 4.99. The quantitative estimate of drug-likeness (QED) is 0.759. The molecule has 2 fully saturated rings. The highest BCUT2D eigenvalue weighted by atomic mass is 16.5. The van der Waals surface area contributed by atoms with Gasteiger partial charge in [0.25, 0.3) is 0 Å². The summed E-state index contributed by atoms with van der Waals surface area (Å²) < 4.78 is 7.77. The maximum Gasteiger partial charge on any atom is 0.249 e. The van der Waals surface area contributed by atoms with Crippen LogP contribution in [0.5, 0.6) is 0 Å². The summed E-state index contributed by atoms with van der Waals surface area (Å²) in [6, 6.07) is 3.69. The number of rotatable bonds is 7. The molecule has 1 aliphatic heterocycles. The predicted molar refractivity (Wildman–Crippen MR) is 98.8 cm³/mol. The van der Waals surface area contributed by atoms with E-state index < -0.39 is 12.0 Å². The fourth-order valence-corrected chi connectivity index (χ4v) is 3.73.